The van der Waals surface area contributed by atoms with Gasteiger partial charge in [0.25, 0.3) is 5.56 Å². The molecule has 2 aromatic heterocycles. The Labute approximate surface area is 138 Å². The number of fused-ring (bicyclic) bond motifs is 1. The molecule has 3 heterocycles. The van der Waals surface area contributed by atoms with Crippen molar-refractivity contribution in [3.63, 3.8) is 0 Å². The number of rotatable bonds is 5. The minimum absolute atomic E-state index is 0.316. The summed E-state index contributed by atoms with van der Waals surface area (Å²) in [4.78, 5) is 32.9. The molecule has 1 aliphatic heterocycles. The van der Waals surface area contributed by atoms with Gasteiger partial charge in [0.05, 0.1) is 0 Å². The van der Waals surface area contributed by atoms with Crippen molar-refractivity contribution in [2.75, 3.05) is 7.05 Å². The van der Waals surface area contributed by atoms with Crippen LogP contribution in [0.4, 0.5) is 0 Å². The van der Waals surface area contributed by atoms with Crippen molar-refractivity contribution < 1.29 is 0 Å². The van der Waals surface area contributed by atoms with E-state index in [2.05, 4.69) is 15.1 Å². The minimum atomic E-state index is -0.936. The van der Waals surface area contributed by atoms with Gasteiger partial charge in [0.15, 0.2) is 17.1 Å². The Bertz CT molecular complexity index is 907. The third kappa shape index (κ3) is 2.27. The third-order valence-corrected chi connectivity index (χ3v) is 4.40. The van der Waals surface area contributed by atoms with Crippen LogP contribution in [0.1, 0.15) is 38.9 Å². The maximum atomic E-state index is 12.7. The van der Waals surface area contributed by atoms with Crippen LogP contribution in [0.5, 0.6) is 0 Å². The summed E-state index contributed by atoms with van der Waals surface area (Å²) in [6.07, 6.45) is 3.65. The zero-order chi connectivity index (χ0) is 17.5. The van der Waals surface area contributed by atoms with Crippen molar-refractivity contribution in [3.8, 4) is 0 Å². The summed E-state index contributed by atoms with van der Waals surface area (Å²) in [5.41, 5.74) is 5.47. The molecule has 3 N–H and O–H groups in total. The second kappa shape index (κ2) is 5.90. The Morgan fingerprint density at radius 3 is 2.50 bits per heavy atom. The summed E-state index contributed by atoms with van der Waals surface area (Å²) in [5, 5.41) is 5.76. The van der Waals surface area contributed by atoms with Gasteiger partial charge in [-0.25, -0.2) is 9.78 Å². The number of aryl methyl sites for hydroxylation is 1. The number of H-pyrrole nitrogens is 1. The number of hydrazone groups is 1. The van der Waals surface area contributed by atoms with Crippen LogP contribution in [0.15, 0.2) is 14.7 Å². The molecule has 24 heavy (non-hydrogen) atoms. The molecule has 0 aromatic carbocycles. The standard InChI is InChI=1S/C15H23N7O2/c1-4-8-21-11-10(12(23)22(9-5-2)14(21)24)18-13(19-11)15(16)6-7-17-20(15)3/h7H,4-6,8-9,16H2,1-3H3,(H,18,19). The second-order valence-electron chi connectivity index (χ2n) is 6.13. The Morgan fingerprint density at radius 1 is 1.25 bits per heavy atom. The number of nitrogens with one attached hydrogen (secondary N) is 1. The maximum absolute atomic E-state index is 12.7. The number of hydrogen-bond donors (Lipinski definition) is 2. The molecular formula is C15H23N7O2. The quantitative estimate of drug-likeness (QED) is 0.808. The SMILES string of the molecule is CCCn1c(=O)c2[nH]c(C3(N)CC=NN3C)nc2n(CCC)c1=O. The van der Waals surface area contributed by atoms with Crippen molar-refractivity contribution in [2.24, 2.45) is 10.8 Å². The zero-order valence-corrected chi connectivity index (χ0v) is 14.2. The largest absolute Gasteiger partial charge is 0.333 e. The highest BCUT2D eigenvalue weighted by atomic mass is 16.2. The molecule has 0 saturated carbocycles. The molecule has 0 aliphatic carbocycles. The van der Waals surface area contributed by atoms with Crippen LogP contribution < -0.4 is 17.0 Å². The Morgan fingerprint density at radius 2 is 1.92 bits per heavy atom. The van der Waals surface area contributed by atoms with Crippen LogP contribution in [-0.4, -0.2) is 37.4 Å². The van der Waals surface area contributed by atoms with Gasteiger partial charge >= 0.3 is 5.69 Å². The fourth-order valence-electron chi connectivity index (χ4n) is 3.01. The van der Waals surface area contributed by atoms with E-state index >= 15 is 0 Å². The number of nitrogens with zero attached hydrogens (tertiary/aromatic N) is 5. The molecule has 130 valence electrons. The summed E-state index contributed by atoms with van der Waals surface area (Å²) in [6, 6.07) is 0. The lowest BCUT2D eigenvalue weighted by Crippen LogP contribution is -2.47. The highest BCUT2D eigenvalue weighted by molar-refractivity contribution is 5.71. The molecule has 9 nitrogen and oxygen atoms in total. The highest BCUT2D eigenvalue weighted by Gasteiger charge is 2.38. The van der Waals surface area contributed by atoms with E-state index in [4.69, 9.17) is 5.73 Å². The van der Waals surface area contributed by atoms with Crippen LogP contribution >= 0.6 is 0 Å². The van der Waals surface area contributed by atoms with Crippen molar-refractivity contribution in [1.82, 2.24) is 24.1 Å². The minimum Gasteiger partial charge on any atom is -0.333 e. The van der Waals surface area contributed by atoms with E-state index in [1.165, 1.54) is 4.57 Å². The third-order valence-electron chi connectivity index (χ3n) is 4.40. The lowest BCUT2D eigenvalue weighted by atomic mass is 10.1. The smallest absolute Gasteiger partial charge is 0.332 e. The molecule has 1 aliphatic rings. The van der Waals surface area contributed by atoms with Gasteiger partial charge in [0, 0.05) is 32.8 Å². The monoisotopic (exact) mass is 333 g/mol. The van der Waals surface area contributed by atoms with Crippen LogP contribution in [0.3, 0.4) is 0 Å². The summed E-state index contributed by atoms with van der Waals surface area (Å²) in [7, 11) is 1.76. The van der Waals surface area contributed by atoms with Crippen molar-refractivity contribution in [1.29, 1.82) is 0 Å². The first-order valence-corrected chi connectivity index (χ1v) is 8.23. The molecule has 9 heteroatoms. The van der Waals surface area contributed by atoms with Crippen LogP contribution in [0.2, 0.25) is 0 Å². The molecule has 3 rings (SSSR count). The summed E-state index contributed by atoms with van der Waals surface area (Å²) in [5.74, 6) is 0.438. The molecule has 0 saturated heterocycles. The van der Waals surface area contributed by atoms with Gasteiger partial charge in [0.1, 0.15) is 5.52 Å². The fraction of sp³-hybridized carbons (Fsp3) is 0.600. The normalized spacial score (nSPS) is 20.4. The summed E-state index contributed by atoms with van der Waals surface area (Å²) in [6.45, 7) is 4.78. The predicted octanol–water partition coefficient (Wildman–Crippen LogP) is 0.139. The molecule has 0 radical (unpaired) electrons. The first kappa shape index (κ1) is 16.4. The van der Waals surface area contributed by atoms with E-state index in [-0.39, 0.29) is 11.2 Å². The Hall–Kier alpha value is -2.42. The highest BCUT2D eigenvalue weighted by Crippen LogP contribution is 2.27. The van der Waals surface area contributed by atoms with E-state index in [9.17, 15) is 9.59 Å². The van der Waals surface area contributed by atoms with Crippen LogP contribution in [0, 0.1) is 0 Å². The van der Waals surface area contributed by atoms with Crippen LogP contribution in [-0.2, 0) is 18.8 Å². The first-order chi connectivity index (χ1) is 11.4. The van der Waals surface area contributed by atoms with E-state index < -0.39 is 5.66 Å². The molecule has 0 spiro atoms. The summed E-state index contributed by atoms with van der Waals surface area (Å²) >= 11 is 0. The number of imidazole rings is 1. The fourth-order valence-corrected chi connectivity index (χ4v) is 3.01. The first-order valence-electron chi connectivity index (χ1n) is 8.23. The Kier molecular flexibility index (Phi) is 4.04. The average Bonchev–Trinajstić information content (AvgIpc) is 3.14. The molecule has 1 unspecified atom stereocenters. The number of aromatic amines is 1. The molecule has 2 aromatic rings. The van der Waals surface area contributed by atoms with Gasteiger partial charge in [0.2, 0.25) is 0 Å². The van der Waals surface area contributed by atoms with Gasteiger partial charge in [-0.3, -0.25) is 18.9 Å². The van der Waals surface area contributed by atoms with Crippen molar-refractivity contribution >= 4 is 17.4 Å². The lowest BCUT2D eigenvalue weighted by molar-refractivity contribution is 0.150. The number of nitrogens with two attached hydrogens (primary N) is 1. The Balaban J connectivity index is 2.28. The van der Waals surface area contributed by atoms with E-state index in [1.807, 2.05) is 13.8 Å². The van der Waals surface area contributed by atoms with E-state index in [0.29, 0.717) is 42.9 Å². The molecule has 0 fully saturated rings. The van der Waals surface area contributed by atoms with Gasteiger partial charge in [-0.05, 0) is 12.8 Å². The van der Waals surface area contributed by atoms with Crippen molar-refractivity contribution in [2.45, 2.75) is 51.9 Å². The molecule has 0 bridgehead atoms. The van der Waals surface area contributed by atoms with Gasteiger partial charge in [-0.2, -0.15) is 5.10 Å². The second-order valence-corrected chi connectivity index (χ2v) is 6.13. The predicted molar refractivity (Wildman–Crippen MR) is 91.9 cm³/mol. The van der Waals surface area contributed by atoms with Gasteiger partial charge in [-0.1, -0.05) is 13.8 Å². The van der Waals surface area contributed by atoms with Crippen LogP contribution in [0.25, 0.3) is 11.2 Å². The topological polar surface area (TPSA) is 114 Å². The van der Waals surface area contributed by atoms with Gasteiger partial charge < -0.3 is 10.7 Å². The number of aromatic nitrogens is 4. The van der Waals surface area contributed by atoms with E-state index in [0.717, 1.165) is 6.42 Å². The molecule has 0 amide bonds. The number of hydrogen-bond acceptors (Lipinski definition) is 6. The average molecular weight is 333 g/mol. The molecular weight excluding hydrogens is 310 g/mol. The maximum Gasteiger partial charge on any atom is 0.332 e. The zero-order valence-electron chi connectivity index (χ0n) is 14.2. The van der Waals surface area contributed by atoms with Gasteiger partial charge in [-0.15, -0.1) is 0 Å². The van der Waals surface area contributed by atoms with E-state index in [1.54, 1.807) is 22.8 Å². The lowest BCUT2D eigenvalue weighted by Gasteiger charge is -2.28. The summed E-state index contributed by atoms with van der Waals surface area (Å²) < 4.78 is 2.81. The van der Waals surface area contributed by atoms with Crippen molar-refractivity contribution in [3.05, 3.63) is 26.7 Å². The molecule has 1 atom stereocenters.